The fraction of sp³-hybridized carbons (Fsp3) is 0.548. The van der Waals surface area contributed by atoms with Gasteiger partial charge in [-0.2, -0.15) is 0 Å². The Bertz CT molecular complexity index is 1190. The van der Waals surface area contributed by atoms with Crippen molar-refractivity contribution in [2.75, 3.05) is 26.8 Å². The van der Waals surface area contributed by atoms with Crippen molar-refractivity contribution in [3.63, 3.8) is 0 Å². The maximum Gasteiger partial charge on any atom is 0.340 e. The van der Waals surface area contributed by atoms with E-state index in [1.165, 1.54) is 0 Å². The molecule has 4 aliphatic rings. The standard InChI is InChI=1S/C31H39NO6/c1-8-12-32(13-9-2)16-21-26-19(4)28(35)25-22-10-11-23(34)30(22,5)15-20(14-18(3)33)27(25)31(26,6)24(17-37-7)38-29(21)36/h8-9,16,20,22,24H,1-2,10-15,17H2,3-7H3/b21-16-/t20?,22?,24?,30-,31-/m0/s1. The zero-order chi connectivity index (χ0) is 28.0. The van der Waals surface area contributed by atoms with Gasteiger partial charge in [-0.25, -0.2) is 4.79 Å². The molecule has 0 radical (unpaired) electrons. The number of Topliss-reactive ketones (excluding diaryl/α,β-unsaturated/α-hetero) is 3. The van der Waals surface area contributed by atoms with Crippen LogP contribution in [0.2, 0.25) is 0 Å². The summed E-state index contributed by atoms with van der Waals surface area (Å²) in [5.41, 5.74) is 1.33. The summed E-state index contributed by atoms with van der Waals surface area (Å²) in [6.07, 6.45) is 6.25. The summed E-state index contributed by atoms with van der Waals surface area (Å²) in [5.74, 6) is -1.05. The second-order valence-electron chi connectivity index (χ2n) is 11.5. The van der Waals surface area contributed by atoms with E-state index in [1.54, 1.807) is 39.3 Å². The molecule has 0 aromatic carbocycles. The molecule has 0 bridgehead atoms. The minimum atomic E-state index is -0.899. The average Bonchev–Trinajstić information content (AvgIpc) is 3.13. The van der Waals surface area contributed by atoms with E-state index in [2.05, 4.69) is 13.2 Å². The fourth-order valence-corrected chi connectivity index (χ4v) is 7.55. The van der Waals surface area contributed by atoms with Crippen LogP contribution in [0, 0.1) is 22.7 Å². The molecule has 204 valence electrons. The number of ether oxygens (including phenoxy) is 2. The van der Waals surface area contributed by atoms with Crippen LogP contribution in [0.3, 0.4) is 0 Å². The summed E-state index contributed by atoms with van der Waals surface area (Å²) >= 11 is 0. The topological polar surface area (TPSA) is 90.0 Å². The number of carbonyl (C=O) groups is 4. The zero-order valence-corrected chi connectivity index (χ0v) is 23.2. The number of fused-ring (bicyclic) bond motifs is 4. The Morgan fingerprint density at radius 1 is 1.18 bits per heavy atom. The molecular weight excluding hydrogens is 482 g/mol. The molecule has 0 amide bonds. The second-order valence-corrected chi connectivity index (χ2v) is 11.5. The van der Waals surface area contributed by atoms with E-state index in [1.807, 2.05) is 18.7 Å². The quantitative estimate of drug-likeness (QED) is 0.254. The third-order valence-electron chi connectivity index (χ3n) is 9.10. The van der Waals surface area contributed by atoms with Gasteiger partial charge in [0.25, 0.3) is 0 Å². The maximum absolute atomic E-state index is 14.3. The van der Waals surface area contributed by atoms with Crippen molar-refractivity contribution in [3.8, 4) is 0 Å². The lowest BCUT2D eigenvalue weighted by atomic mass is 9.50. The number of nitrogens with zero attached hydrogens (tertiary/aromatic N) is 1. The highest BCUT2D eigenvalue weighted by molar-refractivity contribution is 6.15. The molecule has 38 heavy (non-hydrogen) atoms. The third kappa shape index (κ3) is 4.15. The smallest absolute Gasteiger partial charge is 0.340 e. The van der Waals surface area contributed by atoms with E-state index in [0.717, 1.165) is 5.57 Å². The molecule has 0 N–H and O–H groups in total. The van der Waals surface area contributed by atoms with Crippen LogP contribution in [0.1, 0.15) is 53.4 Å². The number of hydrogen-bond acceptors (Lipinski definition) is 7. The minimum absolute atomic E-state index is 0.00628. The number of carbonyl (C=O) groups excluding carboxylic acids is 4. The fourth-order valence-electron chi connectivity index (χ4n) is 7.55. The summed E-state index contributed by atoms with van der Waals surface area (Å²) in [6.45, 7) is 16.0. The van der Waals surface area contributed by atoms with Gasteiger partial charge in [-0.05, 0) is 50.7 Å². The highest BCUT2D eigenvalue weighted by atomic mass is 16.6. The van der Waals surface area contributed by atoms with Gasteiger partial charge >= 0.3 is 5.97 Å². The first-order valence-corrected chi connectivity index (χ1v) is 13.4. The highest BCUT2D eigenvalue weighted by Crippen LogP contribution is 2.64. The molecule has 1 saturated heterocycles. The molecule has 0 aromatic rings. The van der Waals surface area contributed by atoms with Gasteiger partial charge in [-0.1, -0.05) is 19.1 Å². The molecule has 0 spiro atoms. The van der Waals surface area contributed by atoms with Gasteiger partial charge < -0.3 is 19.2 Å². The predicted octanol–water partition coefficient (Wildman–Crippen LogP) is 4.30. The highest BCUT2D eigenvalue weighted by Gasteiger charge is 2.62. The summed E-state index contributed by atoms with van der Waals surface area (Å²) in [6, 6.07) is 0. The van der Waals surface area contributed by atoms with Gasteiger partial charge in [0, 0.05) is 61.7 Å². The Morgan fingerprint density at radius 2 is 1.84 bits per heavy atom. The number of methoxy groups -OCH3 is 1. The van der Waals surface area contributed by atoms with Gasteiger partial charge in [0.05, 0.1) is 17.6 Å². The molecular formula is C31H39NO6. The minimum Gasteiger partial charge on any atom is -0.455 e. The summed E-state index contributed by atoms with van der Waals surface area (Å²) < 4.78 is 11.6. The van der Waals surface area contributed by atoms with E-state index < -0.39 is 22.9 Å². The first kappa shape index (κ1) is 28.0. The third-order valence-corrected chi connectivity index (χ3v) is 9.10. The van der Waals surface area contributed by atoms with Crippen molar-refractivity contribution in [1.29, 1.82) is 0 Å². The van der Waals surface area contributed by atoms with Crippen LogP contribution in [-0.2, 0) is 28.7 Å². The molecule has 0 aromatic heterocycles. The summed E-state index contributed by atoms with van der Waals surface area (Å²) in [4.78, 5) is 55.3. The average molecular weight is 522 g/mol. The van der Waals surface area contributed by atoms with Crippen LogP contribution in [0.25, 0.3) is 0 Å². The van der Waals surface area contributed by atoms with Crippen molar-refractivity contribution in [2.45, 2.75) is 59.5 Å². The van der Waals surface area contributed by atoms with E-state index >= 15 is 0 Å². The molecule has 3 aliphatic carbocycles. The van der Waals surface area contributed by atoms with Gasteiger partial charge in [0.15, 0.2) is 5.78 Å². The van der Waals surface area contributed by atoms with Crippen LogP contribution in [-0.4, -0.2) is 61.1 Å². The molecule has 2 fully saturated rings. The molecule has 1 heterocycles. The van der Waals surface area contributed by atoms with Crippen molar-refractivity contribution in [1.82, 2.24) is 4.90 Å². The number of ketones is 3. The van der Waals surface area contributed by atoms with Crippen molar-refractivity contribution >= 4 is 23.3 Å². The van der Waals surface area contributed by atoms with Crippen LogP contribution >= 0.6 is 0 Å². The molecule has 1 aliphatic heterocycles. The molecule has 7 heteroatoms. The maximum atomic E-state index is 14.3. The lowest BCUT2D eigenvalue weighted by molar-refractivity contribution is -0.156. The Labute approximate surface area is 225 Å². The van der Waals surface area contributed by atoms with Gasteiger partial charge in [-0.3, -0.25) is 9.59 Å². The lowest BCUT2D eigenvalue weighted by Gasteiger charge is -2.54. The molecule has 1 saturated carbocycles. The molecule has 5 atom stereocenters. The number of allylic oxidation sites excluding steroid dienone is 2. The SMILES string of the molecule is C=CCN(/C=C1\C(=O)OC(COC)[C@@]2(C)C1=C(C)C(=O)C1=C2C(CC(C)=O)C[C@]2(C)C(=O)CCC12)CC=C. The Balaban J connectivity index is 2.02. The Kier molecular flexibility index (Phi) is 7.54. The lowest BCUT2D eigenvalue weighted by Crippen LogP contribution is -2.55. The van der Waals surface area contributed by atoms with E-state index in [-0.39, 0.29) is 42.2 Å². The number of cyclic esters (lactones) is 1. The normalized spacial score (nSPS) is 33.6. The van der Waals surface area contributed by atoms with Crippen molar-refractivity contribution in [2.24, 2.45) is 22.7 Å². The number of hydrogen-bond donors (Lipinski definition) is 0. The Hall–Kier alpha value is -3.06. The number of rotatable bonds is 9. The first-order chi connectivity index (χ1) is 17.9. The van der Waals surface area contributed by atoms with E-state index in [0.29, 0.717) is 54.6 Å². The largest absolute Gasteiger partial charge is 0.455 e. The predicted molar refractivity (Wildman–Crippen MR) is 144 cm³/mol. The summed E-state index contributed by atoms with van der Waals surface area (Å²) in [7, 11) is 1.55. The van der Waals surface area contributed by atoms with Crippen LogP contribution in [0.4, 0.5) is 0 Å². The van der Waals surface area contributed by atoms with Crippen LogP contribution in [0.5, 0.6) is 0 Å². The van der Waals surface area contributed by atoms with Crippen LogP contribution < -0.4 is 0 Å². The second kappa shape index (κ2) is 10.3. The molecule has 7 nitrogen and oxygen atoms in total. The van der Waals surface area contributed by atoms with Crippen molar-refractivity contribution < 1.29 is 28.7 Å². The van der Waals surface area contributed by atoms with E-state index in [9.17, 15) is 19.2 Å². The van der Waals surface area contributed by atoms with E-state index in [4.69, 9.17) is 9.47 Å². The summed E-state index contributed by atoms with van der Waals surface area (Å²) in [5, 5.41) is 0. The van der Waals surface area contributed by atoms with Gasteiger partial charge in [0.2, 0.25) is 0 Å². The monoisotopic (exact) mass is 521 g/mol. The van der Waals surface area contributed by atoms with Gasteiger partial charge in [0.1, 0.15) is 17.7 Å². The van der Waals surface area contributed by atoms with Crippen LogP contribution in [0.15, 0.2) is 59.4 Å². The first-order valence-electron chi connectivity index (χ1n) is 13.4. The van der Waals surface area contributed by atoms with Crippen molar-refractivity contribution in [3.05, 3.63) is 59.4 Å². The molecule has 4 rings (SSSR count). The Morgan fingerprint density at radius 3 is 2.42 bits per heavy atom. The zero-order valence-electron chi connectivity index (χ0n) is 23.2. The van der Waals surface area contributed by atoms with Gasteiger partial charge in [-0.15, -0.1) is 13.2 Å². The number of esters is 1. The molecule has 3 unspecified atom stereocenters.